The lowest BCUT2D eigenvalue weighted by molar-refractivity contribution is -0.124. The lowest BCUT2D eigenvalue weighted by Crippen LogP contribution is -2.51. The maximum absolute atomic E-state index is 11.2. The molecule has 104 valence electrons. The van der Waals surface area contributed by atoms with Crippen LogP contribution in [0.4, 0.5) is 0 Å². The minimum Gasteiger partial charge on any atom is -0.389 e. The van der Waals surface area contributed by atoms with E-state index in [-0.39, 0.29) is 10.8 Å². The molecule has 2 atom stereocenters. The summed E-state index contributed by atoms with van der Waals surface area (Å²) >= 11 is 0. The summed E-state index contributed by atoms with van der Waals surface area (Å²) in [4.78, 5) is 0. The molecule has 1 fully saturated rings. The Bertz CT molecular complexity index is 329. The van der Waals surface area contributed by atoms with Crippen LogP contribution in [-0.4, -0.2) is 10.7 Å². The van der Waals surface area contributed by atoms with Crippen LogP contribution in [-0.2, 0) is 0 Å². The highest BCUT2D eigenvalue weighted by atomic mass is 16.3. The lowest BCUT2D eigenvalue weighted by atomic mass is 9.57. The smallest absolute Gasteiger partial charge is 0.0743 e. The summed E-state index contributed by atoms with van der Waals surface area (Å²) in [5.74, 6) is 0. The van der Waals surface area contributed by atoms with Crippen molar-refractivity contribution in [3.05, 3.63) is 24.8 Å². The number of aliphatic hydroxyl groups is 1. The number of hydrogen-bond donors (Lipinski definition) is 1. The van der Waals surface area contributed by atoms with E-state index in [1.807, 2.05) is 13.0 Å². The van der Waals surface area contributed by atoms with Gasteiger partial charge in [-0.25, -0.2) is 0 Å². The maximum atomic E-state index is 11.2. The minimum absolute atomic E-state index is 0.0242. The van der Waals surface area contributed by atoms with E-state index in [0.717, 1.165) is 24.8 Å². The fourth-order valence-corrected chi connectivity index (χ4v) is 3.62. The average molecular weight is 250 g/mol. The fraction of sp³-hybridized carbons (Fsp3) is 0.765. The van der Waals surface area contributed by atoms with Gasteiger partial charge >= 0.3 is 0 Å². The van der Waals surface area contributed by atoms with Crippen molar-refractivity contribution in [1.82, 2.24) is 0 Å². The van der Waals surface area contributed by atoms with Gasteiger partial charge in [-0.2, -0.15) is 0 Å². The zero-order chi connectivity index (χ0) is 14.0. The zero-order valence-corrected chi connectivity index (χ0v) is 12.7. The van der Waals surface area contributed by atoms with Gasteiger partial charge in [0.2, 0.25) is 0 Å². The van der Waals surface area contributed by atoms with E-state index in [0.29, 0.717) is 6.42 Å². The van der Waals surface area contributed by atoms with Crippen molar-refractivity contribution >= 4 is 0 Å². The van der Waals surface area contributed by atoms with Crippen LogP contribution in [0.3, 0.4) is 0 Å². The predicted octanol–water partition coefficient (Wildman–Crippen LogP) is 4.87. The molecule has 0 aromatic heterocycles. The normalized spacial score (nSPS) is 29.8. The van der Waals surface area contributed by atoms with Crippen molar-refractivity contribution in [2.75, 3.05) is 0 Å². The summed E-state index contributed by atoms with van der Waals surface area (Å²) in [6, 6.07) is 0. The Morgan fingerprint density at radius 2 is 1.94 bits per heavy atom. The molecule has 0 saturated heterocycles. The lowest BCUT2D eigenvalue weighted by Gasteiger charge is -2.51. The van der Waals surface area contributed by atoms with Crippen LogP contribution < -0.4 is 0 Å². The van der Waals surface area contributed by atoms with Gasteiger partial charge in [0.05, 0.1) is 5.60 Å². The van der Waals surface area contributed by atoms with Crippen LogP contribution in [0.15, 0.2) is 24.8 Å². The maximum Gasteiger partial charge on any atom is 0.0743 e. The third kappa shape index (κ3) is 2.56. The Kier molecular flexibility index (Phi) is 4.48. The summed E-state index contributed by atoms with van der Waals surface area (Å²) in [6.45, 7) is 16.7. The van der Waals surface area contributed by atoms with E-state index in [1.54, 1.807) is 0 Å². The van der Waals surface area contributed by atoms with Gasteiger partial charge in [0.15, 0.2) is 0 Å². The molecule has 1 aliphatic rings. The van der Waals surface area contributed by atoms with Crippen LogP contribution in [0.5, 0.6) is 0 Å². The summed E-state index contributed by atoms with van der Waals surface area (Å²) in [6.07, 6.45) is 7.79. The average Bonchev–Trinajstić information content (AvgIpc) is 2.52. The first-order chi connectivity index (χ1) is 8.18. The Morgan fingerprint density at radius 1 is 1.33 bits per heavy atom. The Hall–Kier alpha value is -0.560. The molecular weight excluding hydrogens is 220 g/mol. The third-order valence-electron chi connectivity index (χ3n) is 5.45. The molecule has 1 rings (SSSR count). The van der Waals surface area contributed by atoms with Crippen LogP contribution in [0.2, 0.25) is 0 Å². The number of rotatable bonds is 6. The molecular formula is C17H30O. The molecule has 0 aromatic rings. The summed E-state index contributed by atoms with van der Waals surface area (Å²) in [5.41, 5.74) is 0.675. The molecule has 1 heteroatoms. The van der Waals surface area contributed by atoms with Crippen molar-refractivity contribution in [1.29, 1.82) is 0 Å². The second-order valence-electron chi connectivity index (χ2n) is 7.05. The quantitative estimate of drug-likeness (QED) is 0.667. The van der Waals surface area contributed by atoms with E-state index in [9.17, 15) is 5.11 Å². The van der Waals surface area contributed by atoms with Crippen LogP contribution in [0, 0.1) is 10.8 Å². The molecule has 0 spiro atoms. The van der Waals surface area contributed by atoms with Crippen LogP contribution >= 0.6 is 0 Å². The molecule has 0 aliphatic heterocycles. The first-order valence-corrected chi connectivity index (χ1v) is 7.16. The van der Waals surface area contributed by atoms with Gasteiger partial charge in [-0.15, -0.1) is 13.2 Å². The van der Waals surface area contributed by atoms with Gasteiger partial charge in [-0.3, -0.25) is 0 Å². The van der Waals surface area contributed by atoms with Gasteiger partial charge in [0, 0.05) is 5.41 Å². The largest absolute Gasteiger partial charge is 0.389 e. The molecule has 0 heterocycles. The van der Waals surface area contributed by atoms with Gasteiger partial charge in [-0.1, -0.05) is 38.8 Å². The van der Waals surface area contributed by atoms with Crippen molar-refractivity contribution in [2.45, 2.75) is 71.8 Å². The minimum atomic E-state index is -0.645. The van der Waals surface area contributed by atoms with E-state index < -0.39 is 5.60 Å². The molecule has 0 radical (unpaired) electrons. The van der Waals surface area contributed by atoms with E-state index >= 15 is 0 Å². The van der Waals surface area contributed by atoms with Crippen molar-refractivity contribution in [2.24, 2.45) is 10.8 Å². The molecule has 1 aliphatic carbocycles. The Labute approximate surface area is 113 Å². The monoisotopic (exact) mass is 250 g/mol. The van der Waals surface area contributed by atoms with E-state index in [2.05, 4.69) is 33.9 Å². The molecule has 18 heavy (non-hydrogen) atoms. The van der Waals surface area contributed by atoms with Crippen molar-refractivity contribution < 1.29 is 5.11 Å². The van der Waals surface area contributed by atoms with Gasteiger partial charge < -0.3 is 5.11 Å². The first kappa shape index (κ1) is 15.5. The van der Waals surface area contributed by atoms with Crippen molar-refractivity contribution in [3.63, 3.8) is 0 Å². The van der Waals surface area contributed by atoms with Crippen LogP contribution in [0.1, 0.15) is 66.2 Å². The third-order valence-corrected chi connectivity index (χ3v) is 5.45. The molecule has 0 amide bonds. The summed E-state index contributed by atoms with van der Waals surface area (Å²) in [5, 5.41) is 11.2. The fourth-order valence-electron chi connectivity index (χ4n) is 3.62. The second kappa shape index (κ2) is 5.21. The summed E-state index contributed by atoms with van der Waals surface area (Å²) < 4.78 is 0. The molecule has 2 unspecified atom stereocenters. The topological polar surface area (TPSA) is 20.2 Å². The van der Waals surface area contributed by atoms with Crippen molar-refractivity contribution in [3.8, 4) is 0 Å². The van der Waals surface area contributed by atoms with E-state index in [4.69, 9.17) is 0 Å². The van der Waals surface area contributed by atoms with Crippen LogP contribution in [0.25, 0.3) is 0 Å². The summed E-state index contributed by atoms with van der Waals surface area (Å²) in [7, 11) is 0. The molecule has 0 aromatic carbocycles. The van der Waals surface area contributed by atoms with Gasteiger partial charge in [-0.05, 0) is 44.4 Å². The molecule has 0 bridgehead atoms. The predicted molar refractivity (Wildman–Crippen MR) is 79.6 cm³/mol. The first-order valence-electron chi connectivity index (χ1n) is 7.16. The zero-order valence-electron chi connectivity index (χ0n) is 12.7. The number of allylic oxidation sites excluding steroid dienone is 1. The standard InChI is InChI=1S/C17H30O/c1-7-10-17(18,13-9-14(2)3)16(6)12-8-11-15(16,4)5/h7,18H,1-2,8-13H2,3-6H3. The Balaban J connectivity index is 3.02. The molecule has 1 saturated carbocycles. The van der Waals surface area contributed by atoms with Gasteiger partial charge in [0.25, 0.3) is 0 Å². The molecule has 1 nitrogen and oxygen atoms in total. The van der Waals surface area contributed by atoms with Gasteiger partial charge in [0.1, 0.15) is 0 Å². The molecule has 1 N–H and O–H groups in total. The Morgan fingerprint density at radius 3 is 2.33 bits per heavy atom. The SMILES string of the molecule is C=CCC(O)(CCC(=C)C)C1(C)CCCC1(C)C. The highest BCUT2D eigenvalue weighted by Gasteiger charge is 2.56. The highest BCUT2D eigenvalue weighted by molar-refractivity contribution is 5.10. The van der Waals surface area contributed by atoms with E-state index in [1.165, 1.54) is 12.8 Å². The number of hydrogen-bond acceptors (Lipinski definition) is 1. The highest BCUT2D eigenvalue weighted by Crippen LogP contribution is 2.60. The second-order valence-corrected chi connectivity index (χ2v) is 7.05.